The highest BCUT2D eigenvalue weighted by atomic mass is 32.1. The summed E-state index contributed by atoms with van der Waals surface area (Å²) in [5.74, 6) is -1.80. The Bertz CT molecular complexity index is 1330. The number of thiazole rings is 1. The zero-order chi connectivity index (χ0) is 21.0. The number of aromatic nitrogens is 1. The third-order valence-corrected chi connectivity index (χ3v) is 5.79. The van der Waals surface area contributed by atoms with E-state index in [2.05, 4.69) is 4.98 Å². The van der Waals surface area contributed by atoms with Gasteiger partial charge in [-0.3, -0.25) is 14.5 Å². The number of anilines is 1. The number of halogens is 1. The number of hydrogen-bond acceptors (Lipinski definition) is 7. The molecule has 4 heterocycles. The standard InChI is InChI=1S/C21H13FN2O5S/c1-10-4-7-14(29-10)18(25)16-17(13-3-2-8-28-13)24(20(27)19(16)26)21-23-12-6-5-11(22)9-15(12)30-21/h2-9,17,26H,1H3. The molecule has 0 saturated carbocycles. The second-order valence-corrected chi connectivity index (χ2v) is 7.71. The number of carbonyl (C=O) groups excluding carboxylic acids is 2. The van der Waals surface area contributed by atoms with E-state index >= 15 is 0 Å². The molecule has 1 aromatic carbocycles. The summed E-state index contributed by atoms with van der Waals surface area (Å²) in [6.45, 7) is 1.68. The van der Waals surface area contributed by atoms with Gasteiger partial charge < -0.3 is 13.9 Å². The highest BCUT2D eigenvalue weighted by molar-refractivity contribution is 7.22. The summed E-state index contributed by atoms with van der Waals surface area (Å²) in [4.78, 5) is 31.7. The van der Waals surface area contributed by atoms with Gasteiger partial charge in [0.2, 0.25) is 5.78 Å². The second kappa shape index (κ2) is 6.67. The van der Waals surface area contributed by atoms with Crippen molar-refractivity contribution in [2.45, 2.75) is 13.0 Å². The number of benzene rings is 1. The Morgan fingerprint density at radius 1 is 1.27 bits per heavy atom. The van der Waals surface area contributed by atoms with Gasteiger partial charge in [0, 0.05) is 0 Å². The lowest BCUT2D eigenvalue weighted by Crippen LogP contribution is -2.30. The first-order valence-electron chi connectivity index (χ1n) is 8.91. The van der Waals surface area contributed by atoms with Crippen LogP contribution in [-0.4, -0.2) is 21.8 Å². The van der Waals surface area contributed by atoms with Crippen LogP contribution >= 0.6 is 11.3 Å². The fourth-order valence-electron chi connectivity index (χ4n) is 3.43. The van der Waals surface area contributed by atoms with Crippen molar-refractivity contribution in [3.8, 4) is 0 Å². The van der Waals surface area contributed by atoms with E-state index in [1.54, 1.807) is 25.1 Å². The Balaban J connectivity index is 1.66. The number of rotatable bonds is 4. The van der Waals surface area contributed by atoms with Gasteiger partial charge in [0.05, 0.1) is 22.1 Å². The maximum Gasteiger partial charge on any atom is 0.296 e. The smallest absolute Gasteiger partial charge is 0.296 e. The summed E-state index contributed by atoms with van der Waals surface area (Å²) in [5, 5.41) is 10.8. The molecule has 3 aromatic heterocycles. The number of furan rings is 2. The molecule has 9 heteroatoms. The summed E-state index contributed by atoms with van der Waals surface area (Å²) in [5.41, 5.74) is 0.318. The van der Waals surface area contributed by atoms with Crippen LogP contribution in [0.25, 0.3) is 10.2 Å². The predicted molar refractivity (Wildman–Crippen MR) is 106 cm³/mol. The number of nitrogens with zero attached hydrogens (tertiary/aromatic N) is 2. The van der Waals surface area contributed by atoms with Crippen LogP contribution in [0.2, 0.25) is 0 Å². The highest BCUT2D eigenvalue weighted by Crippen LogP contribution is 2.44. The number of carbonyl (C=O) groups is 2. The molecule has 150 valence electrons. The van der Waals surface area contributed by atoms with Crippen LogP contribution in [0.5, 0.6) is 0 Å². The van der Waals surface area contributed by atoms with E-state index in [1.165, 1.54) is 35.4 Å². The van der Waals surface area contributed by atoms with Gasteiger partial charge in [-0.05, 0) is 49.4 Å². The monoisotopic (exact) mass is 424 g/mol. The number of amides is 1. The van der Waals surface area contributed by atoms with Crippen molar-refractivity contribution in [1.29, 1.82) is 0 Å². The number of aryl methyl sites for hydroxylation is 1. The van der Waals surface area contributed by atoms with Crippen molar-refractivity contribution in [1.82, 2.24) is 4.98 Å². The van der Waals surface area contributed by atoms with Gasteiger partial charge in [0.25, 0.3) is 5.91 Å². The molecule has 0 fully saturated rings. The van der Waals surface area contributed by atoms with E-state index in [0.717, 1.165) is 11.3 Å². The maximum atomic E-state index is 13.6. The van der Waals surface area contributed by atoms with Crippen molar-refractivity contribution < 1.29 is 27.9 Å². The Hall–Kier alpha value is -3.72. The molecule has 1 aliphatic heterocycles. The molecule has 30 heavy (non-hydrogen) atoms. The Morgan fingerprint density at radius 2 is 2.10 bits per heavy atom. The van der Waals surface area contributed by atoms with Crippen LogP contribution in [0.15, 0.2) is 68.9 Å². The van der Waals surface area contributed by atoms with Gasteiger partial charge in [-0.2, -0.15) is 0 Å². The number of Topliss-reactive ketones (excluding diaryl/α,β-unsaturated/α-hetero) is 1. The molecule has 0 saturated heterocycles. The maximum absolute atomic E-state index is 13.6. The molecule has 0 aliphatic carbocycles. The second-order valence-electron chi connectivity index (χ2n) is 6.70. The molecule has 5 rings (SSSR count). The van der Waals surface area contributed by atoms with Crippen LogP contribution in [0.3, 0.4) is 0 Å². The zero-order valence-corrected chi connectivity index (χ0v) is 16.3. The average Bonchev–Trinajstić information content (AvgIpc) is 3.49. The molecule has 1 atom stereocenters. The van der Waals surface area contributed by atoms with Gasteiger partial charge >= 0.3 is 0 Å². The summed E-state index contributed by atoms with van der Waals surface area (Å²) in [7, 11) is 0. The molecule has 1 N–H and O–H groups in total. The third-order valence-electron chi connectivity index (χ3n) is 4.77. The Morgan fingerprint density at radius 3 is 2.80 bits per heavy atom. The minimum Gasteiger partial charge on any atom is -0.503 e. The van der Waals surface area contributed by atoms with Crippen LogP contribution in [0.1, 0.15) is 28.1 Å². The van der Waals surface area contributed by atoms with Crippen LogP contribution < -0.4 is 4.90 Å². The van der Waals surface area contributed by atoms with Crippen molar-refractivity contribution >= 4 is 38.4 Å². The van der Waals surface area contributed by atoms with Crippen molar-refractivity contribution in [2.75, 3.05) is 4.90 Å². The summed E-state index contributed by atoms with van der Waals surface area (Å²) in [6.07, 6.45) is 1.40. The highest BCUT2D eigenvalue weighted by Gasteiger charge is 2.47. The first-order valence-corrected chi connectivity index (χ1v) is 9.73. The lowest BCUT2D eigenvalue weighted by atomic mass is 10.00. The molecule has 4 aromatic rings. The van der Waals surface area contributed by atoms with E-state index in [-0.39, 0.29) is 22.2 Å². The van der Waals surface area contributed by atoms with E-state index in [0.29, 0.717) is 16.0 Å². The Kier molecular flexibility index (Phi) is 4.07. The molecule has 1 aliphatic rings. The van der Waals surface area contributed by atoms with Gasteiger partial charge in [0.15, 0.2) is 16.7 Å². The van der Waals surface area contributed by atoms with E-state index in [1.807, 2.05) is 0 Å². The molecule has 1 unspecified atom stereocenters. The van der Waals surface area contributed by atoms with Crippen LogP contribution in [0, 0.1) is 12.7 Å². The Labute approximate surface area is 172 Å². The first-order chi connectivity index (χ1) is 14.4. The zero-order valence-electron chi connectivity index (χ0n) is 15.5. The number of hydrogen-bond donors (Lipinski definition) is 1. The van der Waals surface area contributed by atoms with Gasteiger partial charge in [-0.25, -0.2) is 9.37 Å². The topological polar surface area (TPSA) is 96.8 Å². The summed E-state index contributed by atoms with van der Waals surface area (Å²) < 4.78 is 25.0. The van der Waals surface area contributed by atoms with Crippen molar-refractivity contribution in [3.05, 3.63) is 83.2 Å². The molecular weight excluding hydrogens is 411 g/mol. The molecule has 7 nitrogen and oxygen atoms in total. The molecule has 1 amide bonds. The molecule has 0 bridgehead atoms. The number of fused-ring (bicyclic) bond motifs is 1. The first kappa shape index (κ1) is 18.3. The molecule has 0 radical (unpaired) electrons. The minimum absolute atomic E-state index is 0.00775. The number of ketones is 1. The van der Waals surface area contributed by atoms with Crippen LogP contribution in [-0.2, 0) is 4.79 Å². The lowest BCUT2D eigenvalue weighted by molar-refractivity contribution is -0.117. The fraction of sp³-hybridized carbons (Fsp3) is 0.0952. The predicted octanol–water partition coefficient (Wildman–Crippen LogP) is 4.71. The van der Waals surface area contributed by atoms with E-state index in [9.17, 15) is 19.1 Å². The summed E-state index contributed by atoms with van der Waals surface area (Å²) in [6, 6.07) is 9.33. The summed E-state index contributed by atoms with van der Waals surface area (Å²) >= 11 is 1.07. The van der Waals surface area contributed by atoms with Gasteiger partial charge in [-0.15, -0.1) is 0 Å². The quantitative estimate of drug-likeness (QED) is 0.477. The van der Waals surface area contributed by atoms with Gasteiger partial charge in [0.1, 0.15) is 23.4 Å². The fourth-order valence-corrected chi connectivity index (χ4v) is 4.45. The van der Waals surface area contributed by atoms with Crippen LogP contribution in [0.4, 0.5) is 9.52 Å². The lowest BCUT2D eigenvalue weighted by Gasteiger charge is -2.21. The molecular formula is C21H13FN2O5S. The van der Waals surface area contributed by atoms with Gasteiger partial charge in [-0.1, -0.05) is 11.3 Å². The largest absolute Gasteiger partial charge is 0.503 e. The molecule has 0 spiro atoms. The number of aliphatic hydroxyl groups excluding tert-OH is 1. The normalized spacial score (nSPS) is 16.8. The average molecular weight is 424 g/mol. The van der Waals surface area contributed by atoms with Crippen molar-refractivity contribution in [2.24, 2.45) is 0 Å². The third kappa shape index (κ3) is 2.74. The van der Waals surface area contributed by atoms with E-state index in [4.69, 9.17) is 8.83 Å². The SMILES string of the molecule is Cc1ccc(C(=O)C2=C(O)C(=O)N(c3nc4ccc(F)cc4s3)C2c2ccco2)o1. The van der Waals surface area contributed by atoms with E-state index < -0.39 is 29.3 Å². The minimum atomic E-state index is -1.05. The van der Waals surface area contributed by atoms with Crippen molar-refractivity contribution in [3.63, 3.8) is 0 Å². The number of aliphatic hydroxyl groups is 1.